The molecule has 1 aromatic rings. The van der Waals surface area contributed by atoms with Gasteiger partial charge in [0, 0.05) is 12.2 Å². The second-order valence-electron chi connectivity index (χ2n) is 5.63. The highest BCUT2D eigenvalue weighted by atomic mass is 16.5. The van der Waals surface area contributed by atoms with Gasteiger partial charge in [-0.15, -0.1) is 0 Å². The summed E-state index contributed by atoms with van der Waals surface area (Å²) in [6.07, 6.45) is 0.222. The second kappa shape index (κ2) is 8.05. The zero-order valence-electron chi connectivity index (χ0n) is 12.9. The van der Waals surface area contributed by atoms with Crippen LogP contribution in [0.15, 0.2) is 24.3 Å². The van der Waals surface area contributed by atoms with Crippen LogP contribution in [0.3, 0.4) is 0 Å². The van der Waals surface area contributed by atoms with E-state index in [1.807, 2.05) is 33.0 Å². The van der Waals surface area contributed by atoms with E-state index in [1.54, 1.807) is 0 Å². The lowest BCUT2D eigenvalue weighted by Gasteiger charge is -2.21. The average Bonchev–Trinajstić information content (AvgIpc) is 2.35. The quantitative estimate of drug-likeness (QED) is 0.755. The SMILES string of the molecule is CNCC(CNc1ccc(OC(C)C)cc1)C(C)C. The number of anilines is 1. The molecule has 0 fully saturated rings. The van der Waals surface area contributed by atoms with Gasteiger partial charge in [-0.25, -0.2) is 0 Å². The molecule has 1 unspecified atom stereocenters. The number of hydrogen-bond acceptors (Lipinski definition) is 3. The Morgan fingerprint density at radius 2 is 1.63 bits per heavy atom. The minimum atomic E-state index is 0.222. The van der Waals surface area contributed by atoms with Crippen LogP contribution in [-0.4, -0.2) is 26.2 Å². The largest absolute Gasteiger partial charge is 0.491 e. The molecule has 0 saturated heterocycles. The van der Waals surface area contributed by atoms with Gasteiger partial charge in [0.2, 0.25) is 0 Å². The maximum Gasteiger partial charge on any atom is 0.119 e. The molecule has 0 heterocycles. The van der Waals surface area contributed by atoms with Gasteiger partial charge in [-0.2, -0.15) is 0 Å². The standard InChI is InChI=1S/C16H28N2O/c1-12(2)14(10-17-5)11-18-15-6-8-16(9-7-15)19-13(3)4/h6-9,12-14,17-18H,10-11H2,1-5H3. The molecule has 2 N–H and O–H groups in total. The Hall–Kier alpha value is -1.22. The number of nitrogens with one attached hydrogen (secondary N) is 2. The average molecular weight is 264 g/mol. The van der Waals surface area contributed by atoms with Gasteiger partial charge in [0.1, 0.15) is 5.75 Å². The van der Waals surface area contributed by atoms with Crippen molar-refractivity contribution >= 4 is 5.69 Å². The number of hydrogen-bond donors (Lipinski definition) is 2. The highest BCUT2D eigenvalue weighted by Crippen LogP contribution is 2.18. The van der Waals surface area contributed by atoms with Crippen LogP contribution in [-0.2, 0) is 0 Å². The van der Waals surface area contributed by atoms with E-state index in [0.29, 0.717) is 11.8 Å². The van der Waals surface area contributed by atoms with Crippen molar-refractivity contribution in [1.82, 2.24) is 5.32 Å². The Bertz CT molecular complexity index is 346. The first-order valence-corrected chi connectivity index (χ1v) is 7.18. The Kier molecular flexibility index (Phi) is 6.71. The Morgan fingerprint density at radius 3 is 2.11 bits per heavy atom. The van der Waals surface area contributed by atoms with Gasteiger partial charge in [0.15, 0.2) is 0 Å². The predicted molar refractivity (Wildman–Crippen MR) is 83.0 cm³/mol. The van der Waals surface area contributed by atoms with Crippen molar-refractivity contribution in [2.45, 2.75) is 33.8 Å². The first-order chi connectivity index (χ1) is 9.02. The van der Waals surface area contributed by atoms with Crippen molar-refractivity contribution in [1.29, 1.82) is 0 Å². The second-order valence-corrected chi connectivity index (χ2v) is 5.63. The molecule has 0 aliphatic heterocycles. The van der Waals surface area contributed by atoms with Crippen LogP contribution in [0.1, 0.15) is 27.7 Å². The molecule has 1 atom stereocenters. The van der Waals surface area contributed by atoms with Crippen molar-refractivity contribution in [3.05, 3.63) is 24.3 Å². The molecule has 0 spiro atoms. The van der Waals surface area contributed by atoms with Gasteiger partial charge in [-0.3, -0.25) is 0 Å². The lowest BCUT2D eigenvalue weighted by molar-refractivity contribution is 0.242. The summed E-state index contributed by atoms with van der Waals surface area (Å²) in [4.78, 5) is 0. The number of benzene rings is 1. The third-order valence-electron chi connectivity index (χ3n) is 3.20. The molecular formula is C16H28N2O. The van der Waals surface area contributed by atoms with Gasteiger partial charge >= 0.3 is 0 Å². The molecule has 0 saturated carbocycles. The molecule has 1 rings (SSSR count). The summed E-state index contributed by atoms with van der Waals surface area (Å²) in [6.45, 7) is 10.6. The van der Waals surface area contributed by atoms with E-state index in [1.165, 1.54) is 0 Å². The van der Waals surface area contributed by atoms with E-state index in [2.05, 4.69) is 36.6 Å². The molecule has 0 bridgehead atoms. The van der Waals surface area contributed by atoms with E-state index in [0.717, 1.165) is 24.5 Å². The summed E-state index contributed by atoms with van der Waals surface area (Å²) < 4.78 is 5.63. The first kappa shape index (κ1) is 15.8. The molecule has 0 radical (unpaired) electrons. The van der Waals surface area contributed by atoms with E-state index in [4.69, 9.17) is 4.74 Å². The smallest absolute Gasteiger partial charge is 0.119 e. The van der Waals surface area contributed by atoms with E-state index < -0.39 is 0 Å². The fraction of sp³-hybridized carbons (Fsp3) is 0.625. The third kappa shape index (κ3) is 5.97. The van der Waals surface area contributed by atoms with Crippen LogP contribution in [0.2, 0.25) is 0 Å². The van der Waals surface area contributed by atoms with Crippen LogP contribution in [0.25, 0.3) is 0 Å². The van der Waals surface area contributed by atoms with Gasteiger partial charge < -0.3 is 15.4 Å². The fourth-order valence-electron chi connectivity index (χ4n) is 1.98. The molecule has 3 nitrogen and oxygen atoms in total. The molecular weight excluding hydrogens is 236 g/mol. The zero-order chi connectivity index (χ0) is 14.3. The number of ether oxygens (including phenoxy) is 1. The van der Waals surface area contributed by atoms with E-state index >= 15 is 0 Å². The first-order valence-electron chi connectivity index (χ1n) is 7.18. The minimum absolute atomic E-state index is 0.222. The summed E-state index contributed by atoms with van der Waals surface area (Å²) >= 11 is 0. The zero-order valence-corrected chi connectivity index (χ0v) is 12.9. The Morgan fingerprint density at radius 1 is 1.00 bits per heavy atom. The van der Waals surface area contributed by atoms with Gasteiger partial charge in [0.05, 0.1) is 6.10 Å². The lowest BCUT2D eigenvalue weighted by Crippen LogP contribution is -2.29. The number of rotatable bonds is 8. The molecule has 0 aliphatic rings. The molecule has 0 amide bonds. The van der Waals surface area contributed by atoms with Gasteiger partial charge in [-0.05, 0) is 63.5 Å². The van der Waals surface area contributed by atoms with Crippen LogP contribution in [0.5, 0.6) is 5.75 Å². The summed E-state index contributed by atoms with van der Waals surface area (Å²) in [5, 5.41) is 6.75. The topological polar surface area (TPSA) is 33.3 Å². The molecule has 108 valence electrons. The van der Waals surface area contributed by atoms with Gasteiger partial charge in [-0.1, -0.05) is 13.8 Å². The minimum Gasteiger partial charge on any atom is -0.491 e. The normalized spacial score (nSPS) is 12.8. The predicted octanol–water partition coefficient (Wildman–Crippen LogP) is 3.38. The van der Waals surface area contributed by atoms with Crippen molar-refractivity contribution in [2.24, 2.45) is 11.8 Å². The Balaban J connectivity index is 2.48. The van der Waals surface area contributed by atoms with Crippen molar-refractivity contribution in [3.63, 3.8) is 0 Å². The van der Waals surface area contributed by atoms with Crippen LogP contribution in [0.4, 0.5) is 5.69 Å². The van der Waals surface area contributed by atoms with Crippen LogP contribution >= 0.6 is 0 Å². The Labute approximate surface area is 117 Å². The van der Waals surface area contributed by atoms with Crippen molar-refractivity contribution in [3.8, 4) is 5.75 Å². The van der Waals surface area contributed by atoms with E-state index in [9.17, 15) is 0 Å². The van der Waals surface area contributed by atoms with Gasteiger partial charge in [0.25, 0.3) is 0 Å². The molecule has 0 aliphatic carbocycles. The highest BCUT2D eigenvalue weighted by Gasteiger charge is 2.11. The molecule has 19 heavy (non-hydrogen) atoms. The third-order valence-corrected chi connectivity index (χ3v) is 3.20. The lowest BCUT2D eigenvalue weighted by atomic mass is 9.95. The molecule has 3 heteroatoms. The van der Waals surface area contributed by atoms with E-state index in [-0.39, 0.29) is 6.10 Å². The fourth-order valence-corrected chi connectivity index (χ4v) is 1.98. The summed E-state index contributed by atoms with van der Waals surface area (Å²) in [7, 11) is 2.01. The summed E-state index contributed by atoms with van der Waals surface area (Å²) in [5.74, 6) is 2.23. The maximum absolute atomic E-state index is 5.63. The molecule has 1 aromatic carbocycles. The van der Waals surface area contributed by atoms with Crippen molar-refractivity contribution in [2.75, 3.05) is 25.5 Å². The van der Waals surface area contributed by atoms with Crippen LogP contribution in [0, 0.1) is 11.8 Å². The summed E-state index contributed by atoms with van der Waals surface area (Å²) in [6, 6.07) is 8.19. The molecule has 0 aromatic heterocycles. The monoisotopic (exact) mass is 264 g/mol. The van der Waals surface area contributed by atoms with Crippen LogP contribution < -0.4 is 15.4 Å². The maximum atomic E-state index is 5.63. The van der Waals surface area contributed by atoms with Crippen molar-refractivity contribution < 1.29 is 4.74 Å². The summed E-state index contributed by atoms with van der Waals surface area (Å²) in [5.41, 5.74) is 1.15. The highest BCUT2D eigenvalue weighted by molar-refractivity contribution is 5.46.